The zero-order valence-electron chi connectivity index (χ0n) is 36.0. The van der Waals surface area contributed by atoms with E-state index in [9.17, 15) is 72.3 Å². The van der Waals surface area contributed by atoms with E-state index in [1.807, 2.05) is 0 Å². The molecule has 0 saturated carbocycles. The summed E-state index contributed by atoms with van der Waals surface area (Å²) in [6, 6.07) is 11.4. The second kappa shape index (κ2) is 23.9. The number of halogens is 3. The Morgan fingerprint density at radius 1 is 0.451 bits per heavy atom. The molecule has 0 aliphatic carbocycles. The molecule has 71 heavy (non-hydrogen) atoms. The third-order valence-corrected chi connectivity index (χ3v) is 13.0. The Kier molecular flexibility index (Phi) is 21.1. The largest absolute Gasteiger partial charge is 1.00 e. The van der Waals surface area contributed by atoms with Crippen LogP contribution < -0.4 is 149 Å². The molecule has 0 fully saturated rings. The fourth-order valence-corrected chi connectivity index (χ4v) is 8.98. The third-order valence-electron chi connectivity index (χ3n) is 8.84. The van der Waals surface area contributed by atoms with Crippen molar-refractivity contribution < 1.29 is 191 Å². The van der Waals surface area contributed by atoms with Gasteiger partial charge in [0.2, 0.25) is 17.2 Å². The van der Waals surface area contributed by atoms with Gasteiger partial charge in [0, 0.05) is 21.4 Å². The number of nitrogens with one attached hydrogen (secondary N) is 2. The summed E-state index contributed by atoms with van der Waals surface area (Å²) >= 11 is 17.7. The van der Waals surface area contributed by atoms with Gasteiger partial charge in [-0.15, -0.1) is 10.2 Å². The van der Waals surface area contributed by atoms with Crippen LogP contribution in [0.25, 0.3) is 21.5 Å². The van der Waals surface area contributed by atoms with Crippen LogP contribution in [0.3, 0.4) is 0 Å². The molecule has 0 bridgehead atoms. The number of hydrogen-bond donors (Lipinski definition) is 6. The van der Waals surface area contributed by atoms with Crippen LogP contribution in [0, 0.1) is 0 Å². The van der Waals surface area contributed by atoms with Gasteiger partial charge in [0.1, 0.15) is 9.79 Å². The summed E-state index contributed by atoms with van der Waals surface area (Å²) in [6.45, 7) is 0. The topological polar surface area (TPSA) is 422 Å². The number of nitrogens with zero attached hydrogens (tertiary/aromatic N) is 7. The van der Waals surface area contributed by atoms with Gasteiger partial charge >= 0.3 is 118 Å². The number of rotatable bonds is 12. The van der Waals surface area contributed by atoms with E-state index in [2.05, 4.69) is 46.0 Å². The van der Waals surface area contributed by atoms with Crippen molar-refractivity contribution in [2.24, 2.45) is 20.5 Å². The van der Waals surface area contributed by atoms with Crippen LogP contribution in [0.2, 0.25) is 15.3 Å². The van der Waals surface area contributed by atoms with Crippen LogP contribution >= 0.6 is 34.8 Å². The summed E-state index contributed by atoms with van der Waals surface area (Å²) in [5.41, 5.74) is -3.44. The number of azo groups is 2. The molecular formula is C35H18Cl3N9Na4O16S4. The van der Waals surface area contributed by atoms with Gasteiger partial charge in [-0.2, -0.15) is 58.9 Å². The van der Waals surface area contributed by atoms with Gasteiger partial charge < -0.3 is 31.1 Å². The first-order valence-electron chi connectivity index (χ1n) is 17.3. The van der Waals surface area contributed by atoms with Crippen molar-refractivity contribution in [3.05, 3.63) is 88.1 Å². The minimum atomic E-state index is -5.24. The second-order valence-corrected chi connectivity index (χ2v) is 20.1. The van der Waals surface area contributed by atoms with E-state index < -0.39 is 121 Å². The quantitative estimate of drug-likeness (QED) is 0.0376. The number of benzene rings is 6. The second-order valence-electron chi connectivity index (χ2n) is 13.3. The molecule has 0 saturated heterocycles. The van der Waals surface area contributed by atoms with Crippen molar-refractivity contribution in [3.63, 3.8) is 0 Å². The average molecular weight is 1150 g/mol. The molecule has 0 spiro atoms. The Hall–Kier alpha value is -2.64. The summed E-state index contributed by atoms with van der Waals surface area (Å²) in [6.07, 6.45) is 0. The maximum absolute atomic E-state index is 13.5. The van der Waals surface area contributed by atoms with Crippen LogP contribution in [-0.4, -0.2) is 66.8 Å². The monoisotopic (exact) mass is 1140 g/mol. The van der Waals surface area contributed by atoms with Gasteiger partial charge in [-0.3, -0.25) is 18.2 Å². The Morgan fingerprint density at radius 3 is 1.13 bits per heavy atom. The molecule has 36 heteroatoms. The van der Waals surface area contributed by atoms with Crippen molar-refractivity contribution in [1.29, 1.82) is 0 Å². The zero-order valence-corrected chi connectivity index (χ0v) is 49.5. The number of fused-ring (bicyclic) bond motifs is 2. The third kappa shape index (κ3) is 14.4. The van der Waals surface area contributed by atoms with Gasteiger partial charge in [-0.05, 0) is 93.8 Å². The Balaban J connectivity index is 0.00000333. The van der Waals surface area contributed by atoms with E-state index in [-0.39, 0.29) is 163 Å². The molecule has 25 nitrogen and oxygen atoms in total. The summed E-state index contributed by atoms with van der Waals surface area (Å²) in [4.78, 5) is 8.20. The van der Waals surface area contributed by atoms with E-state index >= 15 is 0 Å². The van der Waals surface area contributed by atoms with E-state index in [4.69, 9.17) is 34.8 Å². The molecule has 0 unspecified atom stereocenters. The maximum atomic E-state index is 13.5. The molecule has 0 radical (unpaired) electrons. The summed E-state index contributed by atoms with van der Waals surface area (Å²) in [7, 11) is -20.3. The van der Waals surface area contributed by atoms with E-state index in [1.54, 1.807) is 0 Å². The zero-order chi connectivity index (χ0) is 49.1. The summed E-state index contributed by atoms with van der Waals surface area (Å²) in [5, 5.41) is 68.9. The van der Waals surface area contributed by atoms with Crippen LogP contribution in [0.1, 0.15) is 0 Å². The van der Waals surface area contributed by atoms with Crippen molar-refractivity contribution in [2.45, 2.75) is 19.6 Å². The van der Waals surface area contributed by atoms with Crippen molar-refractivity contribution >= 4 is 143 Å². The van der Waals surface area contributed by atoms with Gasteiger partial charge in [-0.1, -0.05) is 58.3 Å². The van der Waals surface area contributed by atoms with E-state index in [0.29, 0.717) is 24.3 Å². The molecule has 0 aliphatic heterocycles. The number of aromatic nitrogens is 3. The van der Waals surface area contributed by atoms with E-state index in [0.717, 1.165) is 12.1 Å². The first-order valence-corrected chi connectivity index (χ1v) is 24.2. The van der Waals surface area contributed by atoms with E-state index in [1.165, 1.54) is 36.4 Å². The molecule has 7 aromatic rings. The molecule has 6 N–H and O–H groups in total. The fourth-order valence-electron chi connectivity index (χ4n) is 5.90. The van der Waals surface area contributed by atoms with Gasteiger partial charge in [-0.25, -0.2) is 0 Å². The Labute approximate surface area is 503 Å². The molecule has 6 aromatic carbocycles. The van der Waals surface area contributed by atoms with Crippen molar-refractivity contribution in [3.8, 4) is 23.0 Å². The average Bonchev–Trinajstić information content (AvgIpc) is 3.20. The number of hydrogen-bond acceptors (Lipinski definition) is 21. The predicted octanol–water partition coefficient (Wildman–Crippen LogP) is -6.25. The molecule has 1 heterocycles. The SMILES string of the molecule is O=S(=O)(O)c1cc(Cl)c([O-])c(N=Nc2c(S(=O)(=O)O)cc3cc(Nc4nc(Cl)nc(Nc5ccc6c([O-])c(N=Nc7cc(S(=O)(=O)O)cc(Cl)c7[O-])c(S(=O)(=O)O)cc6c5)n4)ccc3c2[O-])c1.[Na+].[Na+].[Na+].[Na+]. The molecule has 1 aromatic heterocycles. The van der Waals surface area contributed by atoms with Crippen LogP contribution in [-0.2, 0) is 40.5 Å². The van der Waals surface area contributed by atoms with Crippen LogP contribution in [0.4, 0.5) is 46.0 Å². The van der Waals surface area contributed by atoms with Gasteiger partial charge in [0.25, 0.3) is 40.5 Å². The van der Waals surface area contributed by atoms with Crippen molar-refractivity contribution in [2.75, 3.05) is 10.6 Å². The summed E-state index contributed by atoms with van der Waals surface area (Å²) in [5.74, 6) is -4.99. The fraction of sp³-hybridized carbons (Fsp3) is 0. The standard InChI is InChI=1S/C35H22Cl3N9O16S4.4Na/c36-21-9-17(64(52,53)54)11-23(31(21)50)44-46-27-25(66(58,59)60)7-13-5-15(1-3-19(13)29(27)48)39-34-41-33(38)42-35(43-34)40-16-2-4-20-14(6-16)8-26(67(61,62)63)28(30(20)49)47-45-24-12-18(65(55,56)57)10-22(37)32(24)51;;;;/h1-12,48-51H,(H,52,53,54)(H,55,56,57)(H,58,59,60)(H,61,62,63)(H2,39,40,41,42,43);;;;/q;4*+1/p-4. The summed E-state index contributed by atoms with van der Waals surface area (Å²) < 4.78 is 135. The molecule has 7 rings (SSSR count). The van der Waals surface area contributed by atoms with Gasteiger partial charge in [0.05, 0.1) is 32.5 Å². The van der Waals surface area contributed by atoms with Gasteiger partial charge in [0.15, 0.2) is 0 Å². The maximum Gasteiger partial charge on any atom is 1.00 e. The molecular weight excluding hydrogens is 1130 g/mol. The molecule has 0 amide bonds. The molecule has 0 atom stereocenters. The molecule has 348 valence electrons. The minimum Gasteiger partial charge on any atom is -0.871 e. The van der Waals surface area contributed by atoms with Crippen LogP contribution in [0.5, 0.6) is 23.0 Å². The minimum absolute atomic E-state index is 0. The molecule has 0 aliphatic rings. The first-order chi connectivity index (χ1) is 31.1. The predicted molar refractivity (Wildman–Crippen MR) is 228 cm³/mol. The Morgan fingerprint density at radius 2 is 0.803 bits per heavy atom. The number of anilines is 4. The van der Waals surface area contributed by atoms with Crippen molar-refractivity contribution in [1.82, 2.24) is 15.0 Å². The van der Waals surface area contributed by atoms with Crippen LogP contribution in [0.15, 0.2) is 113 Å². The smallest absolute Gasteiger partial charge is 0.871 e. The normalized spacial score (nSPS) is 12.0. The first kappa shape index (κ1) is 62.7. The Bertz CT molecular complexity index is 3590.